The van der Waals surface area contributed by atoms with Crippen molar-refractivity contribution in [2.45, 2.75) is 13.3 Å². The molecule has 4 nitrogen and oxygen atoms in total. The normalized spacial score (nSPS) is 10.9. The zero-order valence-electron chi connectivity index (χ0n) is 9.93. The van der Waals surface area contributed by atoms with Gasteiger partial charge in [0.1, 0.15) is 0 Å². The number of fused-ring (bicyclic) bond motifs is 1. The smallest absolute Gasteiger partial charge is 0.337 e. The van der Waals surface area contributed by atoms with Gasteiger partial charge in [0.2, 0.25) is 0 Å². The lowest BCUT2D eigenvalue weighted by atomic mass is 10.2. The molecule has 0 spiro atoms. The van der Waals surface area contributed by atoms with Crippen LogP contribution in [0.4, 0.5) is 0 Å². The minimum absolute atomic E-state index is 0.356. The largest absolute Gasteiger partial charge is 0.478 e. The molecule has 0 aliphatic heterocycles. The van der Waals surface area contributed by atoms with Crippen LogP contribution in [0.15, 0.2) is 24.4 Å². The van der Waals surface area contributed by atoms with Gasteiger partial charge < -0.3 is 14.2 Å². The van der Waals surface area contributed by atoms with E-state index in [1.165, 1.54) is 0 Å². The van der Waals surface area contributed by atoms with Gasteiger partial charge in [-0.3, -0.25) is 0 Å². The van der Waals surface area contributed by atoms with Crippen molar-refractivity contribution in [1.82, 2.24) is 4.40 Å². The van der Waals surface area contributed by atoms with Crippen molar-refractivity contribution < 1.29 is 14.6 Å². The Morgan fingerprint density at radius 1 is 1.53 bits per heavy atom. The molecular formula is C13H15NO3. The van der Waals surface area contributed by atoms with Crippen molar-refractivity contribution in [2.75, 3.05) is 13.7 Å². The fourth-order valence-electron chi connectivity index (χ4n) is 2.07. The molecule has 2 aromatic heterocycles. The molecule has 2 aromatic rings. The monoisotopic (exact) mass is 233 g/mol. The van der Waals surface area contributed by atoms with Gasteiger partial charge in [0.05, 0.1) is 17.7 Å². The van der Waals surface area contributed by atoms with E-state index in [0.29, 0.717) is 18.6 Å². The third-order valence-corrected chi connectivity index (χ3v) is 2.86. The maximum Gasteiger partial charge on any atom is 0.337 e. The molecular weight excluding hydrogens is 218 g/mol. The van der Waals surface area contributed by atoms with Crippen molar-refractivity contribution in [3.63, 3.8) is 0 Å². The van der Waals surface area contributed by atoms with Crippen LogP contribution in [0.5, 0.6) is 0 Å². The highest BCUT2D eigenvalue weighted by atomic mass is 16.5. The molecule has 0 aromatic carbocycles. The first kappa shape index (κ1) is 11.7. The molecule has 0 amide bonds. The van der Waals surface area contributed by atoms with Crippen molar-refractivity contribution in [1.29, 1.82) is 0 Å². The van der Waals surface area contributed by atoms with Crippen LogP contribution in [0.2, 0.25) is 0 Å². The summed E-state index contributed by atoms with van der Waals surface area (Å²) in [5.74, 6) is -0.888. The maximum absolute atomic E-state index is 11.2. The lowest BCUT2D eigenvalue weighted by Crippen LogP contribution is -1.99. The first-order valence-corrected chi connectivity index (χ1v) is 5.47. The highest BCUT2D eigenvalue weighted by Gasteiger charge is 2.15. The summed E-state index contributed by atoms with van der Waals surface area (Å²) in [6, 6.07) is 5.57. The van der Waals surface area contributed by atoms with Crippen LogP contribution in [-0.2, 0) is 11.2 Å². The SMILES string of the molecule is COCCc1cc(C(=O)O)c2c(C)cccn12. The summed E-state index contributed by atoms with van der Waals surface area (Å²) in [6.45, 7) is 2.50. The number of hydrogen-bond donors (Lipinski definition) is 1. The van der Waals surface area contributed by atoms with Gasteiger partial charge in [-0.15, -0.1) is 0 Å². The minimum atomic E-state index is -0.888. The third kappa shape index (κ3) is 2.03. The number of hydrogen-bond acceptors (Lipinski definition) is 2. The molecule has 0 aliphatic rings. The van der Waals surface area contributed by atoms with Gasteiger partial charge in [-0.05, 0) is 24.6 Å². The number of carboxylic acid groups (broad SMARTS) is 1. The number of carbonyl (C=O) groups is 1. The quantitative estimate of drug-likeness (QED) is 0.880. The molecule has 2 rings (SSSR count). The average molecular weight is 233 g/mol. The summed E-state index contributed by atoms with van der Waals surface area (Å²) >= 11 is 0. The molecule has 0 radical (unpaired) electrons. The summed E-state index contributed by atoms with van der Waals surface area (Å²) in [5.41, 5.74) is 3.05. The van der Waals surface area contributed by atoms with Crippen molar-refractivity contribution >= 4 is 11.5 Å². The Kier molecular flexibility index (Phi) is 3.15. The topological polar surface area (TPSA) is 50.9 Å². The molecule has 0 aliphatic carbocycles. The Labute approximate surface area is 99.4 Å². The van der Waals surface area contributed by atoms with Crippen molar-refractivity contribution in [3.05, 3.63) is 41.2 Å². The standard InChI is InChI=1S/C13H15NO3/c1-9-4-3-6-14-10(5-7-17-2)8-11(12(9)14)13(15)16/h3-4,6,8H,5,7H2,1-2H3,(H,15,16). The summed E-state index contributed by atoms with van der Waals surface area (Å²) < 4.78 is 6.96. The molecule has 90 valence electrons. The van der Waals surface area contributed by atoms with Crippen LogP contribution >= 0.6 is 0 Å². The minimum Gasteiger partial charge on any atom is -0.478 e. The van der Waals surface area contributed by atoms with Gasteiger partial charge in [-0.1, -0.05) is 6.07 Å². The number of nitrogens with zero attached hydrogens (tertiary/aromatic N) is 1. The van der Waals surface area contributed by atoms with E-state index in [1.807, 2.05) is 29.7 Å². The summed E-state index contributed by atoms with van der Waals surface area (Å²) in [5, 5.41) is 9.20. The Morgan fingerprint density at radius 2 is 2.29 bits per heavy atom. The molecule has 17 heavy (non-hydrogen) atoms. The zero-order chi connectivity index (χ0) is 12.4. The molecule has 4 heteroatoms. The van der Waals surface area contributed by atoms with Crippen LogP contribution in [0.25, 0.3) is 5.52 Å². The molecule has 0 saturated heterocycles. The molecule has 2 heterocycles. The second kappa shape index (κ2) is 4.59. The van der Waals surface area contributed by atoms with E-state index in [1.54, 1.807) is 13.2 Å². The molecule has 0 fully saturated rings. The van der Waals surface area contributed by atoms with E-state index < -0.39 is 5.97 Å². The predicted molar refractivity (Wildman–Crippen MR) is 64.7 cm³/mol. The second-order valence-electron chi connectivity index (χ2n) is 4.01. The van der Waals surface area contributed by atoms with E-state index in [4.69, 9.17) is 4.74 Å². The number of aryl methyl sites for hydroxylation is 1. The Balaban J connectivity index is 2.62. The summed E-state index contributed by atoms with van der Waals surface area (Å²) in [4.78, 5) is 11.2. The van der Waals surface area contributed by atoms with E-state index in [9.17, 15) is 9.90 Å². The van der Waals surface area contributed by atoms with Crippen LogP contribution in [0, 0.1) is 6.92 Å². The highest BCUT2D eigenvalue weighted by molar-refractivity contribution is 5.97. The van der Waals surface area contributed by atoms with Gasteiger partial charge >= 0.3 is 5.97 Å². The molecule has 0 bridgehead atoms. The van der Waals surface area contributed by atoms with E-state index in [-0.39, 0.29) is 0 Å². The van der Waals surface area contributed by atoms with Crippen LogP contribution < -0.4 is 0 Å². The first-order chi connectivity index (χ1) is 8.15. The Hall–Kier alpha value is -1.81. The molecule has 0 atom stereocenters. The Bertz CT molecular complexity index is 557. The van der Waals surface area contributed by atoms with Crippen molar-refractivity contribution in [3.8, 4) is 0 Å². The first-order valence-electron chi connectivity index (χ1n) is 5.47. The lowest BCUT2D eigenvalue weighted by Gasteiger charge is -2.04. The number of carboxylic acids is 1. The maximum atomic E-state index is 11.2. The average Bonchev–Trinajstić information content (AvgIpc) is 2.67. The van der Waals surface area contributed by atoms with E-state index in [2.05, 4.69) is 0 Å². The highest BCUT2D eigenvalue weighted by Crippen LogP contribution is 2.21. The summed E-state index contributed by atoms with van der Waals surface area (Å²) in [7, 11) is 1.64. The van der Waals surface area contributed by atoms with Gasteiger partial charge in [0.15, 0.2) is 0 Å². The molecule has 1 N–H and O–H groups in total. The number of aromatic nitrogens is 1. The summed E-state index contributed by atoms with van der Waals surface area (Å²) in [6.07, 6.45) is 2.59. The number of aromatic carboxylic acids is 1. The van der Waals surface area contributed by atoms with Crippen LogP contribution in [-0.4, -0.2) is 29.2 Å². The number of rotatable bonds is 4. The fourth-order valence-corrected chi connectivity index (χ4v) is 2.07. The van der Waals surface area contributed by atoms with Gasteiger partial charge in [-0.2, -0.15) is 0 Å². The van der Waals surface area contributed by atoms with E-state index in [0.717, 1.165) is 16.8 Å². The predicted octanol–water partition coefficient (Wildman–Crippen LogP) is 2.13. The van der Waals surface area contributed by atoms with Crippen molar-refractivity contribution in [2.24, 2.45) is 0 Å². The van der Waals surface area contributed by atoms with Gasteiger partial charge in [0, 0.05) is 25.4 Å². The van der Waals surface area contributed by atoms with E-state index >= 15 is 0 Å². The number of pyridine rings is 1. The molecule has 0 unspecified atom stereocenters. The lowest BCUT2D eigenvalue weighted by molar-refractivity contribution is 0.0699. The number of ether oxygens (including phenoxy) is 1. The second-order valence-corrected chi connectivity index (χ2v) is 4.01. The van der Waals surface area contributed by atoms with Crippen LogP contribution in [0.3, 0.4) is 0 Å². The molecule has 0 saturated carbocycles. The zero-order valence-corrected chi connectivity index (χ0v) is 9.93. The third-order valence-electron chi connectivity index (χ3n) is 2.86. The van der Waals surface area contributed by atoms with Gasteiger partial charge in [-0.25, -0.2) is 4.79 Å². The van der Waals surface area contributed by atoms with Crippen LogP contribution in [0.1, 0.15) is 21.6 Å². The van der Waals surface area contributed by atoms with Gasteiger partial charge in [0.25, 0.3) is 0 Å². The number of methoxy groups -OCH3 is 1. The Morgan fingerprint density at radius 3 is 2.94 bits per heavy atom. The fraction of sp³-hybridized carbons (Fsp3) is 0.308.